The predicted octanol–water partition coefficient (Wildman–Crippen LogP) is 2.56. The first-order valence-corrected chi connectivity index (χ1v) is 5.82. The van der Waals surface area contributed by atoms with Crippen molar-refractivity contribution < 1.29 is 0 Å². The molecule has 1 rings (SSSR count). The number of hydrogen-bond acceptors (Lipinski definition) is 2. The van der Waals surface area contributed by atoms with Crippen LogP contribution in [-0.4, -0.2) is 13.1 Å². The summed E-state index contributed by atoms with van der Waals surface area (Å²) < 4.78 is 0. The van der Waals surface area contributed by atoms with Crippen molar-refractivity contribution >= 4 is 0 Å². The Kier molecular flexibility index (Phi) is 4.97. The standard InChI is InChI=1S/C12H22N2/c1-10-3-5-12(6-4-10)9-14-8-11(2)7-13/h10-12,14H,3-6,8-9H2,1-2H3. The van der Waals surface area contributed by atoms with Crippen molar-refractivity contribution in [2.75, 3.05) is 13.1 Å². The average molecular weight is 194 g/mol. The van der Waals surface area contributed by atoms with Gasteiger partial charge >= 0.3 is 0 Å². The van der Waals surface area contributed by atoms with E-state index in [0.717, 1.165) is 24.9 Å². The van der Waals surface area contributed by atoms with Crippen LogP contribution in [0.15, 0.2) is 0 Å². The first-order valence-electron chi connectivity index (χ1n) is 5.82. The Morgan fingerprint density at radius 3 is 2.57 bits per heavy atom. The van der Waals surface area contributed by atoms with Crippen LogP contribution in [0.3, 0.4) is 0 Å². The zero-order valence-corrected chi connectivity index (χ0v) is 9.42. The van der Waals surface area contributed by atoms with E-state index >= 15 is 0 Å². The molecule has 1 aliphatic rings. The van der Waals surface area contributed by atoms with Gasteiger partial charge in [0.1, 0.15) is 0 Å². The molecule has 1 atom stereocenters. The molecule has 80 valence electrons. The summed E-state index contributed by atoms with van der Waals surface area (Å²) >= 11 is 0. The summed E-state index contributed by atoms with van der Waals surface area (Å²) in [5.74, 6) is 1.94. The molecule has 0 heterocycles. The number of nitriles is 1. The molecule has 2 nitrogen and oxygen atoms in total. The molecule has 0 amide bonds. The van der Waals surface area contributed by atoms with Crippen LogP contribution in [0.2, 0.25) is 0 Å². The molecule has 0 bridgehead atoms. The molecular formula is C12H22N2. The smallest absolute Gasteiger partial charge is 0.0666 e. The van der Waals surface area contributed by atoms with Gasteiger partial charge in [-0.2, -0.15) is 5.26 Å². The number of rotatable bonds is 4. The lowest BCUT2D eigenvalue weighted by Gasteiger charge is -2.26. The molecule has 0 radical (unpaired) electrons. The van der Waals surface area contributed by atoms with Gasteiger partial charge in [0.25, 0.3) is 0 Å². The van der Waals surface area contributed by atoms with E-state index < -0.39 is 0 Å². The van der Waals surface area contributed by atoms with Gasteiger partial charge in [-0.1, -0.05) is 19.8 Å². The summed E-state index contributed by atoms with van der Waals surface area (Å²) in [6.07, 6.45) is 5.52. The molecule has 1 unspecified atom stereocenters. The van der Waals surface area contributed by atoms with Gasteiger partial charge in [0.15, 0.2) is 0 Å². The highest BCUT2D eigenvalue weighted by molar-refractivity contribution is 4.81. The number of hydrogen-bond donors (Lipinski definition) is 1. The number of nitrogens with zero attached hydrogens (tertiary/aromatic N) is 1. The van der Waals surface area contributed by atoms with Crippen LogP contribution >= 0.6 is 0 Å². The maximum Gasteiger partial charge on any atom is 0.0666 e. The van der Waals surface area contributed by atoms with Crippen LogP contribution in [0.1, 0.15) is 39.5 Å². The monoisotopic (exact) mass is 194 g/mol. The minimum Gasteiger partial charge on any atom is -0.315 e. The van der Waals surface area contributed by atoms with Crippen molar-refractivity contribution in [3.8, 4) is 6.07 Å². The molecule has 0 spiro atoms. The van der Waals surface area contributed by atoms with Crippen molar-refractivity contribution in [2.24, 2.45) is 17.8 Å². The minimum absolute atomic E-state index is 0.150. The summed E-state index contributed by atoms with van der Waals surface area (Å²) in [7, 11) is 0. The van der Waals surface area contributed by atoms with Crippen molar-refractivity contribution in [1.29, 1.82) is 5.26 Å². The maximum absolute atomic E-state index is 8.62. The van der Waals surface area contributed by atoms with Crippen LogP contribution in [0.5, 0.6) is 0 Å². The number of nitrogens with one attached hydrogen (secondary N) is 1. The first-order chi connectivity index (χ1) is 6.72. The third-order valence-corrected chi connectivity index (χ3v) is 3.24. The minimum atomic E-state index is 0.150. The quantitative estimate of drug-likeness (QED) is 0.746. The highest BCUT2D eigenvalue weighted by Gasteiger charge is 2.17. The van der Waals surface area contributed by atoms with Gasteiger partial charge in [0, 0.05) is 6.54 Å². The third kappa shape index (κ3) is 4.11. The molecule has 1 N–H and O–H groups in total. The summed E-state index contributed by atoms with van der Waals surface area (Å²) in [5.41, 5.74) is 0. The maximum atomic E-state index is 8.62. The normalized spacial score (nSPS) is 29.5. The molecule has 1 aliphatic carbocycles. The fourth-order valence-electron chi connectivity index (χ4n) is 2.08. The largest absolute Gasteiger partial charge is 0.315 e. The molecule has 1 saturated carbocycles. The van der Waals surface area contributed by atoms with Crippen molar-refractivity contribution in [3.05, 3.63) is 0 Å². The van der Waals surface area contributed by atoms with Crippen LogP contribution in [0, 0.1) is 29.1 Å². The van der Waals surface area contributed by atoms with Crippen LogP contribution < -0.4 is 5.32 Å². The first kappa shape index (κ1) is 11.5. The summed E-state index contributed by atoms with van der Waals surface area (Å²) in [4.78, 5) is 0. The second kappa shape index (κ2) is 6.03. The van der Waals surface area contributed by atoms with Gasteiger partial charge in [-0.25, -0.2) is 0 Å². The van der Waals surface area contributed by atoms with Gasteiger partial charge in [0.05, 0.1) is 12.0 Å². The molecule has 0 aliphatic heterocycles. The Hall–Kier alpha value is -0.550. The fourth-order valence-corrected chi connectivity index (χ4v) is 2.08. The topological polar surface area (TPSA) is 35.8 Å². The van der Waals surface area contributed by atoms with E-state index in [2.05, 4.69) is 18.3 Å². The van der Waals surface area contributed by atoms with Crippen LogP contribution in [-0.2, 0) is 0 Å². The van der Waals surface area contributed by atoms with E-state index in [9.17, 15) is 0 Å². The summed E-state index contributed by atoms with van der Waals surface area (Å²) in [6, 6.07) is 2.25. The second-order valence-electron chi connectivity index (χ2n) is 4.81. The van der Waals surface area contributed by atoms with E-state index in [-0.39, 0.29) is 5.92 Å². The predicted molar refractivity (Wildman–Crippen MR) is 58.8 cm³/mol. The van der Waals surface area contributed by atoms with Gasteiger partial charge in [-0.15, -0.1) is 0 Å². The lowest BCUT2D eigenvalue weighted by molar-refractivity contribution is 0.280. The molecule has 0 aromatic carbocycles. The molecule has 0 saturated heterocycles. The zero-order chi connectivity index (χ0) is 10.4. The van der Waals surface area contributed by atoms with Gasteiger partial charge in [-0.05, 0) is 38.1 Å². The fraction of sp³-hybridized carbons (Fsp3) is 0.917. The van der Waals surface area contributed by atoms with E-state index in [1.807, 2.05) is 6.92 Å². The van der Waals surface area contributed by atoms with Crippen molar-refractivity contribution in [3.63, 3.8) is 0 Å². The highest BCUT2D eigenvalue weighted by atomic mass is 14.9. The Bertz CT molecular complexity index is 187. The molecule has 14 heavy (non-hydrogen) atoms. The summed E-state index contributed by atoms with van der Waals surface area (Å²) in [6.45, 7) is 6.28. The molecule has 1 fully saturated rings. The highest BCUT2D eigenvalue weighted by Crippen LogP contribution is 2.27. The second-order valence-corrected chi connectivity index (χ2v) is 4.81. The average Bonchev–Trinajstić information content (AvgIpc) is 2.21. The summed E-state index contributed by atoms with van der Waals surface area (Å²) in [5, 5.41) is 12.0. The Balaban J connectivity index is 2.05. The lowest BCUT2D eigenvalue weighted by Crippen LogP contribution is -2.29. The Morgan fingerprint density at radius 1 is 1.36 bits per heavy atom. The van der Waals surface area contributed by atoms with E-state index in [1.54, 1.807) is 0 Å². The van der Waals surface area contributed by atoms with E-state index in [0.29, 0.717) is 0 Å². The van der Waals surface area contributed by atoms with E-state index in [4.69, 9.17) is 5.26 Å². The van der Waals surface area contributed by atoms with Gasteiger partial charge in [0.2, 0.25) is 0 Å². The third-order valence-electron chi connectivity index (χ3n) is 3.24. The molecule has 0 aromatic heterocycles. The van der Waals surface area contributed by atoms with Gasteiger partial charge in [-0.3, -0.25) is 0 Å². The Labute approximate surface area is 87.7 Å². The van der Waals surface area contributed by atoms with Crippen molar-refractivity contribution in [2.45, 2.75) is 39.5 Å². The van der Waals surface area contributed by atoms with E-state index in [1.165, 1.54) is 25.7 Å². The van der Waals surface area contributed by atoms with Crippen molar-refractivity contribution in [1.82, 2.24) is 5.32 Å². The van der Waals surface area contributed by atoms with Crippen LogP contribution in [0.25, 0.3) is 0 Å². The Morgan fingerprint density at radius 2 is 2.00 bits per heavy atom. The van der Waals surface area contributed by atoms with Gasteiger partial charge < -0.3 is 5.32 Å². The molecular weight excluding hydrogens is 172 g/mol. The zero-order valence-electron chi connectivity index (χ0n) is 9.42. The molecule has 2 heteroatoms. The SMILES string of the molecule is CC(C#N)CNCC1CCC(C)CC1. The van der Waals surface area contributed by atoms with Crippen LogP contribution in [0.4, 0.5) is 0 Å². The lowest BCUT2D eigenvalue weighted by atomic mass is 9.83. The molecule has 0 aromatic rings.